The molecule has 1 atom stereocenters. The van der Waals surface area contributed by atoms with Gasteiger partial charge in [0.2, 0.25) is 0 Å². The molecule has 0 aliphatic rings. The van der Waals surface area contributed by atoms with Gasteiger partial charge in [-0.1, -0.05) is 5.16 Å². The summed E-state index contributed by atoms with van der Waals surface area (Å²) in [6.45, 7) is 4.39. The number of esters is 1. The second kappa shape index (κ2) is 5.39. The molecule has 0 amide bonds. The minimum atomic E-state index is -0.333. The van der Waals surface area contributed by atoms with E-state index in [4.69, 9.17) is 9.26 Å². The molecule has 1 unspecified atom stereocenters. The van der Waals surface area contributed by atoms with Crippen LogP contribution in [0, 0.1) is 0 Å². The molecule has 1 aromatic rings. The molecule has 0 saturated carbocycles. The fourth-order valence-electron chi connectivity index (χ4n) is 0.938. The quantitative estimate of drug-likeness (QED) is 0.706. The van der Waals surface area contributed by atoms with Crippen LogP contribution >= 0.6 is 0 Å². The van der Waals surface area contributed by atoms with Crippen LogP contribution < -0.4 is 5.32 Å². The summed E-state index contributed by atoms with van der Waals surface area (Å²) in [5.74, 6) is 0.438. The summed E-state index contributed by atoms with van der Waals surface area (Å²) < 4.78 is 9.68. The molecule has 1 heterocycles. The number of ether oxygens (including phenoxy) is 1. The number of carbonyl (C=O) groups excluding carboxylic acids is 1. The van der Waals surface area contributed by atoms with E-state index in [2.05, 4.69) is 10.5 Å². The second-order valence-electron chi connectivity index (χ2n) is 2.83. The molecule has 1 rings (SSSR count). The zero-order chi connectivity index (χ0) is 10.4. The van der Waals surface area contributed by atoms with Crippen LogP contribution in [-0.2, 0) is 16.1 Å². The molecule has 0 bridgehead atoms. The second-order valence-corrected chi connectivity index (χ2v) is 2.83. The first-order chi connectivity index (χ1) is 6.74. The Morgan fingerprint density at radius 2 is 2.57 bits per heavy atom. The average Bonchev–Trinajstić information content (AvgIpc) is 2.67. The first-order valence-corrected chi connectivity index (χ1v) is 4.53. The van der Waals surface area contributed by atoms with Crippen molar-refractivity contribution in [2.24, 2.45) is 0 Å². The van der Waals surface area contributed by atoms with Gasteiger partial charge in [0.1, 0.15) is 11.8 Å². The van der Waals surface area contributed by atoms with E-state index in [0.29, 0.717) is 18.9 Å². The van der Waals surface area contributed by atoms with E-state index >= 15 is 0 Å². The van der Waals surface area contributed by atoms with Gasteiger partial charge in [-0.2, -0.15) is 0 Å². The minimum Gasteiger partial charge on any atom is -0.465 e. The molecule has 5 heteroatoms. The fourth-order valence-corrected chi connectivity index (χ4v) is 0.938. The van der Waals surface area contributed by atoms with E-state index in [1.165, 1.54) is 0 Å². The Bertz CT molecular complexity index is 272. The van der Waals surface area contributed by atoms with Crippen LogP contribution in [0.5, 0.6) is 0 Å². The van der Waals surface area contributed by atoms with Gasteiger partial charge >= 0.3 is 5.97 Å². The number of rotatable bonds is 5. The molecule has 78 valence electrons. The van der Waals surface area contributed by atoms with Gasteiger partial charge in [0.05, 0.1) is 19.3 Å². The first kappa shape index (κ1) is 10.7. The number of hydrogen-bond donors (Lipinski definition) is 1. The van der Waals surface area contributed by atoms with Gasteiger partial charge in [-0.25, -0.2) is 0 Å². The van der Waals surface area contributed by atoms with Gasteiger partial charge in [0.25, 0.3) is 0 Å². The maximum absolute atomic E-state index is 11.2. The van der Waals surface area contributed by atoms with E-state index in [1.807, 2.05) is 0 Å². The standard InChI is InChI=1S/C9H14N2O3/c1-3-13-9(12)7(2)10-6-8-4-5-11-14-8/h4-5,7,10H,3,6H2,1-2H3. The molecule has 14 heavy (non-hydrogen) atoms. The van der Waals surface area contributed by atoms with Crippen molar-refractivity contribution in [1.29, 1.82) is 0 Å². The van der Waals surface area contributed by atoms with Gasteiger partial charge in [-0.3, -0.25) is 10.1 Å². The largest absolute Gasteiger partial charge is 0.465 e. The van der Waals surface area contributed by atoms with Crippen LogP contribution in [0.25, 0.3) is 0 Å². The number of nitrogens with one attached hydrogen (secondary N) is 1. The van der Waals surface area contributed by atoms with Crippen molar-refractivity contribution in [1.82, 2.24) is 10.5 Å². The molecule has 1 aromatic heterocycles. The van der Waals surface area contributed by atoms with Crippen LogP contribution in [0.3, 0.4) is 0 Å². The lowest BCUT2D eigenvalue weighted by atomic mass is 10.3. The maximum Gasteiger partial charge on any atom is 0.322 e. The van der Waals surface area contributed by atoms with Crippen molar-refractivity contribution < 1.29 is 14.1 Å². The SMILES string of the molecule is CCOC(=O)C(C)NCc1ccno1. The summed E-state index contributed by atoms with van der Waals surface area (Å²) >= 11 is 0. The van der Waals surface area contributed by atoms with Crippen LogP contribution in [0.2, 0.25) is 0 Å². The minimum absolute atomic E-state index is 0.257. The molecule has 5 nitrogen and oxygen atoms in total. The third-order valence-corrected chi connectivity index (χ3v) is 1.71. The van der Waals surface area contributed by atoms with Gasteiger partial charge in [0.15, 0.2) is 0 Å². The van der Waals surface area contributed by atoms with Gasteiger partial charge < -0.3 is 9.26 Å². The first-order valence-electron chi connectivity index (χ1n) is 4.53. The van der Waals surface area contributed by atoms with Crippen molar-refractivity contribution in [2.45, 2.75) is 26.4 Å². The Labute approximate surface area is 82.4 Å². The van der Waals surface area contributed by atoms with Gasteiger partial charge in [-0.05, 0) is 13.8 Å². The van der Waals surface area contributed by atoms with Crippen molar-refractivity contribution in [3.63, 3.8) is 0 Å². The molecule has 0 aliphatic heterocycles. The predicted octanol–water partition coefficient (Wildman–Crippen LogP) is 0.716. The highest BCUT2D eigenvalue weighted by atomic mass is 16.5. The van der Waals surface area contributed by atoms with Crippen LogP contribution in [0.4, 0.5) is 0 Å². The summed E-state index contributed by atoms with van der Waals surface area (Å²) in [4.78, 5) is 11.2. The molecule has 0 fully saturated rings. The summed E-state index contributed by atoms with van der Waals surface area (Å²) in [5.41, 5.74) is 0. The van der Waals surface area contributed by atoms with Gasteiger partial charge in [0, 0.05) is 6.07 Å². The molecule has 0 saturated heterocycles. The number of nitrogens with zero attached hydrogens (tertiary/aromatic N) is 1. The van der Waals surface area contributed by atoms with E-state index in [9.17, 15) is 4.79 Å². The Morgan fingerprint density at radius 1 is 1.79 bits per heavy atom. The van der Waals surface area contributed by atoms with Crippen LogP contribution in [-0.4, -0.2) is 23.8 Å². The molecule has 0 spiro atoms. The highest BCUT2D eigenvalue weighted by molar-refractivity contribution is 5.75. The molecular formula is C9H14N2O3. The summed E-state index contributed by atoms with van der Waals surface area (Å²) in [6, 6.07) is 1.41. The van der Waals surface area contributed by atoms with Crippen molar-refractivity contribution in [3.8, 4) is 0 Å². The topological polar surface area (TPSA) is 64.4 Å². The van der Waals surface area contributed by atoms with Gasteiger partial charge in [-0.15, -0.1) is 0 Å². The van der Waals surface area contributed by atoms with Crippen molar-refractivity contribution in [2.75, 3.05) is 6.61 Å². The summed E-state index contributed by atoms with van der Waals surface area (Å²) in [6.07, 6.45) is 1.56. The zero-order valence-electron chi connectivity index (χ0n) is 8.32. The maximum atomic E-state index is 11.2. The lowest BCUT2D eigenvalue weighted by molar-refractivity contribution is -0.145. The number of carbonyl (C=O) groups is 1. The zero-order valence-corrected chi connectivity index (χ0v) is 8.32. The van der Waals surface area contributed by atoms with E-state index in [0.717, 1.165) is 0 Å². The molecule has 0 aliphatic carbocycles. The monoisotopic (exact) mass is 198 g/mol. The van der Waals surface area contributed by atoms with E-state index in [1.54, 1.807) is 26.1 Å². The highest BCUT2D eigenvalue weighted by Crippen LogP contribution is 1.97. The van der Waals surface area contributed by atoms with E-state index < -0.39 is 0 Å². The molecule has 0 aromatic carbocycles. The Morgan fingerprint density at radius 3 is 3.14 bits per heavy atom. The molecule has 1 N–H and O–H groups in total. The highest BCUT2D eigenvalue weighted by Gasteiger charge is 2.13. The number of aromatic nitrogens is 1. The Hall–Kier alpha value is -1.36. The smallest absolute Gasteiger partial charge is 0.322 e. The Kier molecular flexibility index (Phi) is 4.12. The molecule has 0 radical (unpaired) electrons. The Balaban J connectivity index is 2.27. The number of hydrogen-bond acceptors (Lipinski definition) is 5. The van der Waals surface area contributed by atoms with Crippen LogP contribution in [0.15, 0.2) is 16.8 Å². The lowest BCUT2D eigenvalue weighted by Gasteiger charge is -2.10. The summed E-state index contributed by atoms with van der Waals surface area (Å²) in [5, 5.41) is 6.51. The molecular weight excluding hydrogens is 184 g/mol. The average molecular weight is 198 g/mol. The normalized spacial score (nSPS) is 12.4. The predicted molar refractivity (Wildman–Crippen MR) is 49.4 cm³/mol. The fraction of sp³-hybridized carbons (Fsp3) is 0.556. The van der Waals surface area contributed by atoms with Crippen molar-refractivity contribution >= 4 is 5.97 Å². The lowest BCUT2D eigenvalue weighted by Crippen LogP contribution is -2.34. The van der Waals surface area contributed by atoms with E-state index in [-0.39, 0.29) is 12.0 Å². The van der Waals surface area contributed by atoms with Crippen LogP contribution in [0.1, 0.15) is 19.6 Å². The van der Waals surface area contributed by atoms with Crippen molar-refractivity contribution in [3.05, 3.63) is 18.0 Å². The third-order valence-electron chi connectivity index (χ3n) is 1.71. The third kappa shape index (κ3) is 3.18. The summed E-state index contributed by atoms with van der Waals surface area (Å²) in [7, 11) is 0.